The number of rotatable bonds is 5. The number of carbonyl (C=O) groups is 3. The van der Waals surface area contributed by atoms with E-state index in [0.29, 0.717) is 17.2 Å². The molecule has 1 aromatic carbocycles. The summed E-state index contributed by atoms with van der Waals surface area (Å²) in [4.78, 5) is 38.7. The van der Waals surface area contributed by atoms with Crippen LogP contribution in [-0.4, -0.2) is 42.4 Å². The lowest BCUT2D eigenvalue weighted by Crippen LogP contribution is -2.47. The van der Waals surface area contributed by atoms with Gasteiger partial charge in [0.15, 0.2) is 0 Å². The Morgan fingerprint density at radius 3 is 2.56 bits per heavy atom. The Balaban J connectivity index is 1.68. The van der Waals surface area contributed by atoms with E-state index in [1.165, 1.54) is 6.42 Å². The van der Waals surface area contributed by atoms with Crippen molar-refractivity contribution in [1.29, 1.82) is 0 Å². The summed E-state index contributed by atoms with van der Waals surface area (Å²) in [6, 6.07) is 6.51. The molecule has 2 N–H and O–H groups in total. The molecule has 1 aromatic rings. The predicted octanol–water partition coefficient (Wildman–Crippen LogP) is 2.16. The van der Waals surface area contributed by atoms with Gasteiger partial charge in [-0.05, 0) is 43.4 Å². The second kappa shape index (κ2) is 7.58. The van der Waals surface area contributed by atoms with Crippen LogP contribution in [0.5, 0.6) is 5.75 Å². The molecule has 1 saturated heterocycles. The minimum Gasteiger partial charge on any atom is -0.497 e. The van der Waals surface area contributed by atoms with Crippen LogP contribution in [0.1, 0.15) is 45.1 Å². The lowest BCUT2D eigenvalue weighted by atomic mass is 9.86. The molecule has 1 aliphatic carbocycles. The standard InChI is InChI=1S/C20H27N3O4/c1-13-6-4-5-7-16(13)21-17(24)12-23-18(25)20(2,22-19(23)26)14-8-10-15(27-3)11-9-14/h8-11,13,16H,4-7,12H2,1-3H3,(H,21,24)(H,22,26). The van der Waals surface area contributed by atoms with Gasteiger partial charge in [0.1, 0.15) is 17.8 Å². The molecule has 3 atom stereocenters. The van der Waals surface area contributed by atoms with Crippen LogP contribution < -0.4 is 15.4 Å². The first-order valence-electron chi connectivity index (χ1n) is 9.43. The Bertz CT molecular complexity index is 733. The molecule has 1 heterocycles. The summed E-state index contributed by atoms with van der Waals surface area (Å²) in [7, 11) is 1.56. The zero-order valence-corrected chi connectivity index (χ0v) is 16.1. The largest absolute Gasteiger partial charge is 0.497 e. The number of benzene rings is 1. The van der Waals surface area contributed by atoms with E-state index in [1.54, 1.807) is 38.3 Å². The third-order valence-electron chi connectivity index (χ3n) is 5.70. The molecule has 7 heteroatoms. The molecule has 146 valence electrons. The molecular weight excluding hydrogens is 346 g/mol. The molecule has 0 spiro atoms. The average molecular weight is 373 g/mol. The summed E-state index contributed by atoms with van der Waals surface area (Å²) >= 11 is 0. The molecule has 0 bridgehead atoms. The highest BCUT2D eigenvalue weighted by Crippen LogP contribution is 2.30. The van der Waals surface area contributed by atoms with Gasteiger partial charge >= 0.3 is 6.03 Å². The number of methoxy groups -OCH3 is 1. The van der Waals surface area contributed by atoms with Crippen LogP contribution in [0.3, 0.4) is 0 Å². The first-order valence-corrected chi connectivity index (χ1v) is 9.43. The first kappa shape index (κ1) is 19.2. The van der Waals surface area contributed by atoms with Gasteiger partial charge in [-0.25, -0.2) is 4.79 Å². The van der Waals surface area contributed by atoms with Crippen LogP contribution in [0, 0.1) is 5.92 Å². The summed E-state index contributed by atoms with van der Waals surface area (Å²) in [6.07, 6.45) is 4.30. The predicted molar refractivity (Wildman–Crippen MR) is 100 cm³/mol. The fourth-order valence-corrected chi connectivity index (χ4v) is 3.89. The highest BCUT2D eigenvalue weighted by atomic mass is 16.5. The topological polar surface area (TPSA) is 87.7 Å². The average Bonchev–Trinajstić information content (AvgIpc) is 2.88. The zero-order chi connectivity index (χ0) is 19.6. The maximum absolute atomic E-state index is 12.9. The van der Waals surface area contributed by atoms with E-state index in [2.05, 4.69) is 17.6 Å². The number of ether oxygens (including phenoxy) is 1. The van der Waals surface area contributed by atoms with Gasteiger partial charge in [0.25, 0.3) is 5.91 Å². The number of carbonyl (C=O) groups excluding carboxylic acids is 3. The molecule has 2 fully saturated rings. The minimum absolute atomic E-state index is 0.111. The fourth-order valence-electron chi connectivity index (χ4n) is 3.89. The highest BCUT2D eigenvalue weighted by Gasteiger charge is 2.49. The van der Waals surface area contributed by atoms with Crippen molar-refractivity contribution in [3.8, 4) is 5.75 Å². The Labute approximate surface area is 159 Å². The third kappa shape index (κ3) is 3.77. The Morgan fingerprint density at radius 2 is 1.93 bits per heavy atom. The molecule has 27 heavy (non-hydrogen) atoms. The van der Waals surface area contributed by atoms with Gasteiger partial charge in [-0.1, -0.05) is 31.9 Å². The Kier molecular flexibility index (Phi) is 5.39. The summed E-state index contributed by atoms with van der Waals surface area (Å²) in [6.45, 7) is 3.51. The number of hydrogen-bond acceptors (Lipinski definition) is 4. The van der Waals surface area contributed by atoms with Crippen LogP contribution >= 0.6 is 0 Å². The zero-order valence-electron chi connectivity index (χ0n) is 16.1. The lowest BCUT2D eigenvalue weighted by Gasteiger charge is -2.30. The SMILES string of the molecule is COc1ccc(C2(C)NC(=O)N(CC(=O)NC3CCCCC3C)C2=O)cc1. The number of nitrogens with one attached hydrogen (secondary N) is 2. The van der Waals surface area contributed by atoms with Crippen molar-refractivity contribution in [2.45, 2.75) is 51.1 Å². The van der Waals surface area contributed by atoms with Crippen molar-refractivity contribution in [2.24, 2.45) is 5.92 Å². The lowest BCUT2D eigenvalue weighted by molar-refractivity contribution is -0.135. The molecule has 7 nitrogen and oxygen atoms in total. The van der Waals surface area contributed by atoms with Crippen molar-refractivity contribution in [2.75, 3.05) is 13.7 Å². The smallest absolute Gasteiger partial charge is 0.325 e. The number of amides is 4. The summed E-state index contributed by atoms with van der Waals surface area (Å²) in [5, 5.41) is 5.71. The summed E-state index contributed by atoms with van der Waals surface area (Å²) in [5.74, 6) is 0.355. The molecule has 3 unspecified atom stereocenters. The molecule has 2 aliphatic rings. The number of nitrogens with zero attached hydrogens (tertiary/aromatic N) is 1. The fraction of sp³-hybridized carbons (Fsp3) is 0.550. The summed E-state index contributed by atoms with van der Waals surface area (Å²) < 4.78 is 5.13. The van der Waals surface area contributed by atoms with Gasteiger partial charge < -0.3 is 15.4 Å². The molecule has 0 aromatic heterocycles. The number of imide groups is 1. The van der Waals surface area contributed by atoms with Crippen molar-refractivity contribution < 1.29 is 19.1 Å². The minimum atomic E-state index is -1.19. The van der Waals surface area contributed by atoms with Crippen LogP contribution in [-0.2, 0) is 15.1 Å². The van der Waals surface area contributed by atoms with Gasteiger partial charge in [0, 0.05) is 6.04 Å². The van der Waals surface area contributed by atoms with Crippen molar-refractivity contribution in [3.05, 3.63) is 29.8 Å². The van der Waals surface area contributed by atoms with E-state index in [1.807, 2.05) is 0 Å². The maximum atomic E-state index is 12.9. The molecule has 1 saturated carbocycles. The van der Waals surface area contributed by atoms with E-state index in [4.69, 9.17) is 4.74 Å². The van der Waals surface area contributed by atoms with Crippen molar-refractivity contribution in [1.82, 2.24) is 15.5 Å². The van der Waals surface area contributed by atoms with Gasteiger partial charge in [-0.2, -0.15) is 0 Å². The van der Waals surface area contributed by atoms with E-state index in [0.717, 1.165) is 24.2 Å². The van der Waals surface area contributed by atoms with Crippen LogP contribution in [0.25, 0.3) is 0 Å². The first-order chi connectivity index (χ1) is 12.8. The van der Waals surface area contributed by atoms with Crippen LogP contribution in [0.2, 0.25) is 0 Å². The second-order valence-corrected chi connectivity index (χ2v) is 7.61. The van der Waals surface area contributed by atoms with Gasteiger partial charge in [0.05, 0.1) is 7.11 Å². The highest BCUT2D eigenvalue weighted by molar-refractivity contribution is 6.09. The second-order valence-electron chi connectivity index (χ2n) is 7.61. The van der Waals surface area contributed by atoms with Crippen molar-refractivity contribution >= 4 is 17.8 Å². The van der Waals surface area contributed by atoms with Gasteiger partial charge in [-0.15, -0.1) is 0 Å². The Morgan fingerprint density at radius 1 is 1.26 bits per heavy atom. The van der Waals surface area contributed by atoms with E-state index >= 15 is 0 Å². The Hall–Kier alpha value is -2.57. The van der Waals surface area contributed by atoms with Crippen molar-refractivity contribution in [3.63, 3.8) is 0 Å². The monoisotopic (exact) mass is 373 g/mol. The van der Waals surface area contributed by atoms with Gasteiger partial charge in [0.2, 0.25) is 5.91 Å². The molecular formula is C20H27N3O4. The van der Waals surface area contributed by atoms with Crippen LogP contribution in [0.4, 0.5) is 4.79 Å². The van der Waals surface area contributed by atoms with E-state index in [9.17, 15) is 14.4 Å². The number of urea groups is 1. The molecule has 0 radical (unpaired) electrons. The van der Waals surface area contributed by atoms with Crippen LogP contribution in [0.15, 0.2) is 24.3 Å². The van der Waals surface area contributed by atoms with E-state index < -0.39 is 17.5 Å². The third-order valence-corrected chi connectivity index (χ3v) is 5.70. The quantitative estimate of drug-likeness (QED) is 0.774. The van der Waals surface area contributed by atoms with E-state index in [-0.39, 0.29) is 18.5 Å². The number of hydrogen-bond donors (Lipinski definition) is 2. The maximum Gasteiger partial charge on any atom is 0.325 e. The van der Waals surface area contributed by atoms with Gasteiger partial charge in [-0.3, -0.25) is 14.5 Å². The molecule has 3 rings (SSSR count). The summed E-state index contributed by atoms with van der Waals surface area (Å²) in [5.41, 5.74) is -0.549. The molecule has 1 aliphatic heterocycles. The molecule has 4 amide bonds. The normalized spacial score (nSPS) is 28.0.